The van der Waals surface area contributed by atoms with E-state index in [1.807, 2.05) is 12.1 Å². The summed E-state index contributed by atoms with van der Waals surface area (Å²) in [5.41, 5.74) is 0.688. The number of para-hydroxylation sites is 2. The van der Waals surface area contributed by atoms with Crippen molar-refractivity contribution in [3.8, 4) is 5.75 Å². The third-order valence-corrected chi connectivity index (χ3v) is 4.61. The Bertz CT molecular complexity index is 619. The molecular formula is C20H32F2N4O3. The number of halogens is 2. The largest absolute Gasteiger partial charge is 0.433 e. The molecule has 0 spiro atoms. The molecule has 1 heterocycles. The summed E-state index contributed by atoms with van der Waals surface area (Å²) in [6.07, 6.45) is 2.83. The number of methoxy groups -OCH3 is 1. The van der Waals surface area contributed by atoms with E-state index < -0.39 is 6.61 Å². The second-order valence-corrected chi connectivity index (χ2v) is 6.73. The molecule has 1 aromatic rings. The Morgan fingerprint density at radius 2 is 2.07 bits per heavy atom. The van der Waals surface area contributed by atoms with Crippen molar-refractivity contribution in [1.29, 1.82) is 0 Å². The van der Waals surface area contributed by atoms with Crippen LogP contribution in [0.5, 0.6) is 5.75 Å². The van der Waals surface area contributed by atoms with Crippen molar-refractivity contribution in [3.63, 3.8) is 0 Å². The van der Waals surface area contributed by atoms with Crippen LogP contribution in [0.2, 0.25) is 0 Å². The van der Waals surface area contributed by atoms with Crippen molar-refractivity contribution in [2.45, 2.75) is 31.9 Å². The van der Waals surface area contributed by atoms with E-state index in [9.17, 15) is 8.78 Å². The summed E-state index contributed by atoms with van der Waals surface area (Å²) in [6, 6.07) is 7.08. The van der Waals surface area contributed by atoms with Crippen LogP contribution in [0.3, 0.4) is 0 Å². The summed E-state index contributed by atoms with van der Waals surface area (Å²) in [4.78, 5) is 6.32. The predicted octanol–water partition coefficient (Wildman–Crippen LogP) is 2.47. The zero-order valence-corrected chi connectivity index (χ0v) is 17.2. The van der Waals surface area contributed by atoms with Gasteiger partial charge in [0.05, 0.1) is 18.9 Å². The molecule has 7 nitrogen and oxygen atoms in total. The lowest BCUT2D eigenvalue weighted by molar-refractivity contribution is -0.0495. The van der Waals surface area contributed by atoms with Crippen molar-refractivity contribution >= 4 is 11.6 Å². The summed E-state index contributed by atoms with van der Waals surface area (Å²) in [5.74, 6) is 0.952. The number of hydrogen-bond donors (Lipinski definition) is 2. The fourth-order valence-electron chi connectivity index (χ4n) is 3.18. The minimum Gasteiger partial charge on any atom is -0.433 e. The van der Waals surface area contributed by atoms with Crippen molar-refractivity contribution in [3.05, 3.63) is 24.3 Å². The van der Waals surface area contributed by atoms with Gasteiger partial charge in [-0.05, 0) is 31.4 Å². The molecule has 0 saturated carbocycles. The van der Waals surface area contributed by atoms with Crippen LogP contribution in [0.15, 0.2) is 29.3 Å². The lowest BCUT2D eigenvalue weighted by atomic mass is 10.2. The van der Waals surface area contributed by atoms with Crippen LogP contribution in [0.4, 0.5) is 14.5 Å². The molecular weight excluding hydrogens is 382 g/mol. The molecule has 164 valence electrons. The van der Waals surface area contributed by atoms with Crippen molar-refractivity contribution in [2.24, 2.45) is 4.99 Å². The second-order valence-electron chi connectivity index (χ2n) is 6.73. The summed E-state index contributed by atoms with van der Waals surface area (Å²) >= 11 is 0. The number of alkyl halides is 2. The molecule has 2 rings (SSSR count). The zero-order chi connectivity index (χ0) is 20.9. The zero-order valence-electron chi connectivity index (χ0n) is 17.2. The molecule has 1 aromatic carbocycles. The normalized spacial score (nSPS) is 17.1. The maximum Gasteiger partial charge on any atom is 0.387 e. The predicted molar refractivity (Wildman–Crippen MR) is 110 cm³/mol. The van der Waals surface area contributed by atoms with Gasteiger partial charge in [0, 0.05) is 46.4 Å². The summed E-state index contributed by atoms with van der Waals surface area (Å²) in [6.45, 7) is 1.38. The molecule has 0 aliphatic carbocycles. The Morgan fingerprint density at radius 3 is 2.83 bits per heavy atom. The fourth-order valence-corrected chi connectivity index (χ4v) is 3.18. The average molecular weight is 414 g/mol. The fraction of sp³-hybridized carbons (Fsp3) is 0.650. The van der Waals surface area contributed by atoms with E-state index in [-0.39, 0.29) is 11.8 Å². The third-order valence-electron chi connectivity index (χ3n) is 4.61. The van der Waals surface area contributed by atoms with Gasteiger partial charge in [0.2, 0.25) is 0 Å². The van der Waals surface area contributed by atoms with Gasteiger partial charge >= 0.3 is 6.61 Å². The highest BCUT2D eigenvalue weighted by Gasteiger charge is 2.25. The van der Waals surface area contributed by atoms with Gasteiger partial charge in [-0.25, -0.2) is 0 Å². The number of anilines is 1. The average Bonchev–Trinajstić information content (AvgIpc) is 3.17. The minimum atomic E-state index is -2.83. The molecule has 0 amide bonds. The molecule has 0 aromatic heterocycles. The number of nitrogens with zero attached hydrogens (tertiary/aromatic N) is 2. The highest BCUT2D eigenvalue weighted by molar-refractivity contribution is 5.80. The van der Waals surface area contributed by atoms with Crippen LogP contribution in [0.1, 0.15) is 19.3 Å². The monoisotopic (exact) mass is 414 g/mol. The Hall–Kier alpha value is -2.13. The number of rotatable bonds is 12. The van der Waals surface area contributed by atoms with Crippen molar-refractivity contribution < 1.29 is 23.0 Å². The van der Waals surface area contributed by atoms with E-state index in [4.69, 9.17) is 9.47 Å². The van der Waals surface area contributed by atoms with Gasteiger partial charge in [-0.15, -0.1) is 0 Å². The van der Waals surface area contributed by atoms with Gasteiger partial charge < -0.3 is 29.7 Å². The van der Waals surface area contributed by atoms with Crippen LogP contribution in [-0.2, 0) is 9.47 Å². The van der Waals surface area contributed by atoms with Gasteiger partial charge in [0.1, 0.15) is 5.75 Å². The molecule has 0 bridgehead atoms. The van der Waals surface area contributed by atoms with Crippen molar-refractivity contribution in [2.75, 3.05) is 58.5 Å². The Balaban J connectivity index is 1.72. The standard InChI is InChI=1S/C20H32F2N4O3/c1-23-20(24-10-5-6-12-28-14-13-27-2)25-16-9-11-26(15-16)17-7-3-4-8-18(17)29-19(21)22/h3-4,7-8,16,19H,5-6,9-15H2,1-2H3,(H2,23,24,25). The van der Waals surface area contributed by atoms with Crippen molar-refractivity contribution in [1.82, 2.24) is 10.6 Å². The highest BCUT2D eigenvalue weighted by atomic mass is 19.3. The summed E-state index contributed by atoms with van der Waals surface area (Å²) < 4.78 is 40.3. The molecule has 1 unspecified atom stereocenters. The SMILES string of the molecule is CN=C(NCCCCOCCOC)NC1CCN(c2ccccc2OC(F)F)C1. The van der Waals surface area contributed by atoms with Gasteiger partial charge in [0.15, 0.2) is 5.96 Å². The summed E-state index contributed by atoms with van der Waals surface area (Å²) in [5, 5.41) is 6.71. The number of benzene rings is 1. The van der Waals surface area contributed by atoms with E-state index in [0.29, 0.717) is 25.4 Å². The van der Waals surface area contributed by atoms with Gasteiger partial charge in [-0.1, -0.05) is 12.1 Å². The number of hydrogen-bond acceptors (Lipinski definition) is 5. The van der Waals surface area contributed by atoms with Gasteiger partial charge in [-0.3, -0.25) is 4.99 Å². The first-order chi connectivity index (χ1) is 14.1. The van der Waals surface area contributed by atoms with Crippen LogP contribution < -0.4 is 20.3 Å². The Kier molecular flexibility index (Phi) is 10.5. The molecule has 2 N–H and O–H groups in total. The Morgan fingerprint density at radius 1 is 1.24 bits per heavy atom. The van der Waals surface area contributed by atoms with E-state index in [0.717, 1.165) is 44.9 Å². The molecule has 1 fully saturated rings. The first kappa shape index (κ1) is 23.2. The van der Waals surface area contributed by atoms with E-state index in [1.54, 1.807) is 26.3 Å². The Labute approximate surface area is 171 Å². The van der Waals surface area contributed by atoms with Gasteiger partial charge in [-0.2, -0.15) is 8.78 Å². The lowest BCUT2D eigenvalue weighted by Gasteiger charge is -2.22. The van der Waals surface area contributed by atoms with Crippen LogP contribution in [0, 0.1) is 0 Å². The third kappa shape index (κ3) is 8.41. The first-order valence-corrected chi connectivity index (χ1v) is 9.96. The number of guanidine groups is 1. The molecule has 1 atom stereocenters. The van der Waals surface area contributed by atoms with E-state index in [2.05, 4.69) is 25.3 Å². The molecule has 29 heavy (non-hydrogen) atoms. The van der Waals surface area contributed by atoms with Crippen LogP contribution >= 0.6 is 0 Å². The number of nitrogens with one attached hydrogen (secondary N) is 2. The van der Waals surface area contributed by atoms with E-state index in [1.165, 1.54) is 0 Å². The minimum absolute atomic E-state index is 0.179. The smallest absolute Gasteiger partial charge is 0.387 e. The first-order valence-electron chi connectivity index (χ1n) is 9.96. The maximum atomic E-state index is 12.6. The molecule has 1 aliphatic rings. The number of unbranched alkanes of at least 4 members (excludes halogenated alkanes) is 1. The summed E-state index contributed by atoms with van der Waals surface area (Å²) in [7, 11) is 3.40. The van der Waals surface area contributed by atoms with Gasteiger partial charge in [0.25, 0.3) is 0 Å². The molecule has 1 aliphatic heterocycles. The molecule has 9 heteroatoms. The quantitative estimate of drug-likeness (QED) is 0.311. The van der Waals surface area contributed by atoms with Crippen LogP contribution in [-0.4, -0.2) is 72.2 Å². The van der Waals surface area contributed by atoms with Crippen LogP contribution in [0.25, 0.3) is 0 Å². The lowest BCUT2D eigenvalue weighted by Crippen LogP contribution is -2.44. The highest BCUT2D eigenvalue weighted by Crippen LogP contribution is 2.31. The molecule has 0 radical (unpaired) electrons. The number of aliphatic imine (C=N–C) groups is 1. The topological polar surface area (TPSA) is 67.4 Å². The maximum absolute atomic E-state index is 12.6. The second kappa shape index (κ2) is 13.2. The number of ether oxygens (including phenoxy) is 3. The van der Waals surface area contributed by atoms with E-state index >= 15 is 0 Å². The molecule has 1 saturated heterocycles.